The van der Waals surface area contributed by atoms with Gasteiger partial charge in [-0.3, -0.25) is 9.59 Å². The molecule has 2 unspecified atom stereocenters. The minimum Gasteiger partial charge on any atom is -0.488 e. The molecule has 2 aromatic carbocycles. The second kappa shape index (κ2) is 12.3. The third-order valence-corrected chi connectivity index (χ3v) is 9.33. The Morgan fingerprint density at radius 1 is 1.17 bits per heavy atom. The quantitative estimate of drug-likeness (QED) is 0.321. The van der Waals surface area contributed by atoms with E-state index in [1.54, 1.807) is 16.2 Å². The van der Waals surface area contributed by atoms with Crippen molar-refractivity contribution in [2.75, 3.05) is 31.1 Å². The van der Waals surface area contributed by atoms with E-state index < -0.39 is 5.97 Å². The molecule has 2 bridgehead atoms. The van der Waals surface area contributed by atoms with E-state index in [2.05, 4.69) is 22.4 Å². The lowest BCUT2D eigenvalue weighted by Crippen LogP contribution is -2.44. The number of ether oxygens (including phenoxy) is 1. The van der Waals surface area contributed by atoms with Crippen molar-refractivity contribution in [2.45, 2.75) is 46.6 Å². The number of carboxylic acid groups (broad SMARTS) is 1. The lowest BCUT2D eigenvalue weighted by atomic mass is 9.85. The highest BCUT2D eigenvalue weighted by Gasteiger charge is 2.46. The first kappa shape index (κ1) is 28.6. The number of carboxylic acids is 1. The molecule has 5 rings (SSSR count). The van der Waals surface area contributed by atoms with Gasteiger partial charge in [-0.25, -0.2) is 4.98 Å². The van der Waals surface area contributed by atoms with Crippen molar-refractivity contribution in [1.82, 2.24) is 9.88 Å². The second-order valence-electron chi connectivity index (χ2n) is 11.1. The fourth-order valence-corrected chi connectivity index (χ4v) is 7.05. The number of carbonyl (C=O) groups is 2. The lowest BCUT2D eigenvalue weighted by Gasteiger charge is -2.35. The number of piperidine rings is 1. The van der Waals surface area contributed by atoms with Gasteiger partial charge in [0.05, 0.1) is 24.1 Å². The van der Waals surface area contributed by atoms with Crippen LogP contribution in [0.2, 0.25) is 0 Å². The zero-order chi connectivity index (χ0) is 29.1. The number of fused-ring (bicyclic) bond motifs is 2. The van der Waals surface area contributed by atoms with E-state index in [1.807, 2.05) is 51.1 Å². The first-order valence-corrected chi connectivity index (χ1v) is 15.1. The molecule has 8 nitrogen and oxygen atoms in total. The number of benzene rings is 2. The van der Waals surface area contributed by atoms with Crippen molar-refractivity contribution in [3.05, 3.63) is 64.0 Å². The molecule has 1 aliphatic heterocycles. The van der Waals surface area contributed by atoms with E-state index in [4.69, 9.17) is 15.0 Å². The van der Waals surface area contributed by atoms with E-state index >= 15 is 0 Å². The molecule has 2 aliphatic rings. The van der Waals surface area contributed by atoms with Gasteiger partial charge in [-0.1, -0.05) is 17.7 Å². The summed E-state index contributed by atoms with van der Waals surface area (Å²) in [7, 11) is 0. The fraction of sp³-hybridized carbons (Fsp3) is 0.438. The Bertz CT molecular complexity index is 1460. The van der Waals surface area contributed by atoms with Crippen molar-refractivity contribution in [1.29, 1.82) is 5.26 Å². The van der Waals surface area contributed by atoms with Gasteiger partial charge in [0.15, 0.2) is 5.13 Å². The average Bonchev–Trinajstić information content (AvgIpc) is 3.56. The number of aromatic nitrogens is 1. The number of rotatable bonds is 10. The van der Waals surface area contributed by atoms with Crippen LogP contribution in [0, 0.1) is 42.9 Å². The molecular weight excluding hydrogens is 536 g/mol. The maximum absolute atomic E-state index is 12.9. The van der Waals surface area contributed by atoms with Gasteiger partial charge in [0.2, 0.25) is 0 Å². The molecule has 0 radical (unpaired) electrons. The number of hydrogen-bond acceptors (Lipinski definition) is 7. The highest BCUT2D eigenvalue weighted by molar-refractivity contribution is 7.14. The first-order chi connectivity index (χ1) is 19.8. The predicted octanol–water partition coefficient (Wildman–Crippen LogP) is 5.93. The average molecular weight is 573 g/mol. The van der Waals surface area contributed by atoms with E-state index in [1.165, 1.54) is 0 Å². The molecule has 214 valence electrons. The van der Waals surface area contributed by atoms with Crippen LogP contribution in [-0.4, -0.2) is 53.0 Å². The predicted molar refractivity (Wildman–Crippen MR) is 159 cm³/mol. The Kier molecular flexibility index (Phi) is 8.60. The number of amides is 1. The third-order valence-electron chi connectivity index (χ3n) is 8.43. The third kappa shape index (κ3) is 6.08. The Hall–Kier alpha value is -3.90. The molecule has 1 N–H and O–H groups in total. The largest absolute Gasteiger partial charge is 0.488 e. The molecule has 2 heterocycles. The molecule has 41 heavy (non-hydrogen) atoms. The number of nitriles is 1. The second-order valence-corrected chi connectivity index (χ2v) is 11.9. The Morgan fingerprint density at radius 2 is 1.93 bits per heavy atom. The molecule has 1 aliphatic carbocycles. The van der Waals surface area contributed by atoms with Crippen LogP contribution >= 0.6 is 11.3 Å². The van der Waals surface area contributed by atoms with Gasteiger partial charge in [0, 0.05) is 42.7 Å². The molecule has 0 spiro atoms. The Morgan fingerprint density at radius 3 is 2.59 bits per heavy atom. The zero-order valence-electron chi connectivity index (χ0n) is 23.8. The minimum absolute atomic E-state index is 0.0707. The summed E-state index contributed by atoms with van der Waals surface area (Å²) in [5.41, 5.74) is 5.46. The normalized spacial score (nSPS) is 19.6. The van der Waals surface area contributed by atoms with Crippen molar-refractivity contribution < 1.29 is 19.4 Å². The summed E-state index contributed by atoms with van der Waals surface area (Å²) in [5, 5.41) is 21.5. The smallest absolute Gasteiger partial charge is 0.307 e. The van der Waals surface area contributed by atoms with Crippen LogP contribution in [0.1, 0.15) is 53.2 Å². The minimum atomic E-state index is -0.659. The number of anilines is 1. The Labute approximate surface area is 245 Å². The number of aryl methyl sites for hydroxylation is 2. The molecule has 1 saturated carbocycles. The van der Waals surface area contributed by atoms with Crippen molar-refractivity contribution >= 4 is 28.3 Å². The monoisotopic (exact) mass is 572 g/mol. The van der Waals surface area contributed by atoms with Gasteiger partial charge in [0.1, 0.15) is 12.4 Å². The highest BCUT2D eigenvalue weighted by atomic mass is 32.1. The summed E-state index contributed by atoms with van der Waals surface area (Å²) < 4.78 is 6.33. The number of hydrogen-bond donors (Lipinski definition) is 1. The topological polar surface area (TPSA) is 107 Å². The van der Waals surface area contributed by atoms with Crippen molar-refractivity contribution in [2.24, 2.45) is 17.8 Å². The number of carbonyl (C=O) groups excluding carboxylic acids is 1. The van der Waals surface area contributed by atoms with E-state index in [9.17, 15) is 14.7 Å². The van der Waals surface area contributed by atoms with Crippen molar-refractivity contribution in [3.8, 4) is 23.1 Å². The first-order valence-electron chi connectivity index (χ1n) is 14.2. The fourth-order valence-electron chi connectivity index (χ4n) is 6.20. The molecular formula is C32H36N4O4S. The lowest BCUT2D eigenvalue weighted by molar-refractivity contribution is -0.144. The van der Waals surface area contributed by atoms with Crippen LogP contribution in [0.25, 0.3) is 11.3 Å². The molecule has 3 aromatic rings. The number of aliphatic carboxylic acids is 1. The summed E-state index contributed by atoms with van der Waals surface area (Å²) >= 11 is 1.60. The Balaban J connectivity index is 1.30. The number of thiazole rings is 1. The van der Waals surface area contributed by atoms with E-state index in [0.717, 1.165) is 64.8 Å². The molecule has 1 saturated heterocycles. The van der Waals surface area contributed by atoms with Gasteiger partial charge in [-0.15, -0.1) is 11.3 Å². The van der Waals surface area contributed by atoms with Crippen LogP contribution in [-0.2, 0) is 11.4 Å². The van der Waals surface area contributed by atoms with Gasteiger partial charge in [-0.05, 0) is 80.8 Å². The van der Waals surface area contributed by atoms with Gasteiger partial charge in [-0.2, -0.15) is 5.26 Å². The maximum Gasteiger partial charge on any atom is 0.307 e. The van der Waals surface area contributed by atoms with Crippen LogP contribution in [0.4, 0.5) is 5.13 Å². The van der Waals surface area contributed by atoms with Crippen molar-refractivity contribution in [3.63, 3.8) is 0 Å². The van der Waals surface area contributed by atoms with Crippen LogP contribution < -0.4 is 9.64 Å². The molecule has 9 heteroatoms. The summed E-state index contributed by atoms with van der Waals surface area (Å²) in [6.07, 6.45) is 2.26. The van der Waals surface area contributed by atoms with Crippen LogP contribution in [0.5, 0.6) is 5.75 Å². The van der Waals surface area contributed by atoms with E-state index in [0.29, 0.717) is 31.7 Å². The highest BCUT2D eigenvalue weighted by Crippen LogP contribution is 2.44. The van der Waals surface area contributed by atoms with Crippen LogP contribution in [0.3, 0.4) is 0 Å². The van der Waals surface area contributed by atoms with Gasteiger partial charge in [0.25, 0.3) is 5.91 Å². The van der Waals surface area contributed by atoms with E-state index in [-0.39, 0.29) is 23.7 Å². The number of nitrogens with zero attached hydrogens (tertiary/aromatic N) is 4. The standard InChI is InChI=1S/C32H36N4O4S/c1-4-35(13-5-12-33)30(37)22-7-10-25(21(3)15-22)18-40-28-11-6-20(2)14-26(28)27-19-41-32(34-27)36-16-23-8-9-24(17-36)29(23)31(38)39/h6-7,10-11,14-15,19,23-24,29H,4-5,8-9,13,16-18H2,1-3H3,(H,38,39). The molecule has 1 aromatic heterocycles. The zero-order valence-corrected chi connectivity index (χ0v) is 24.6. The van der Waals surface area contributed by atoms with Gasteiger partial charge >= 0.3 is 5.97 Å². The summed E-state index contributed by atoms with van der Waals surface area (Å²) in [4.78, 5) is 33.6. The SMILES string of the molecule is CCN(CCC#N)C(=O)c1ccc(COc2ccc(C)cc2-c2csc(N3CC4CCC(C3)C4C(=O)O)n2)c(C)c1. The van der Waals surface area contributed by atoms with Crippen LogP contribution in [0.15, 0.2) is 41.8 Å². The van der Waals surface area contributed by atoms with Gasteiger partial charge < -0.3 is 19.6 Å². The summed E-state index contributed by atoms with van der Waals surface area (Å²) in [5.74, 6) is 0.151. The maximum atomic E-state index is 12.9. The summed E-state index contributed by atoms with van der Waals surface area (Å²) in [6.45, 7) is 8.75. The molecule has 2 fully saturated rings. The molecule has 1 amide bonds. The molecule has 2 atom stereocenters. The summed E-state index contributed by atoms with van der Waals surface area (Å²) in [6, 6.07) is 13.8.